The number of ether oxygens (including phenoxy) is 1. The number of amides is 1. The Morgan fingerprint density at radius 1 is 1.08 bits per heavy atom. The molecule has 1 aromatic carbocycles. The van der Waals surface area contributed by atoms with Crippen LogP contribution in [0.15, 0.2) is 30.3 Å². The maximum Gasteiger partial charge on any atom is 0.407 e. The molecule has 0 bridgehead atoms. The fraction of sp³-hybridized carbons (Fsp3) is 0.600. The summed E-state index contributed by atoms with van der Waals surface area (Å²) in [4.78, 5) is 19.5. The second-order valence-electron chi connectivity index (χ2n) is 6.74. The van der Waals surface area contributed by atoms with E-state index in [0.29, 0.717) is 0 Å². The lowest BCUT2D eigenvalue weighted by atomic mass is 10.2. The zero-order chi connectivity index (χ0) is 20.4. The number of carbonyl (C=O) groups excluding carboxylic acids is 1. The van der Waals surface area contributed by atoms with Gasteiger partial charge in [0.25, 0.3) is 5.97 Å². The van der Waals surface area contributed by atoms with Crippen molar-refractivity contribution in [3.63, 3.8) is 0 Å². The summed E-state index contributed by atoms with van der Waals surface area (Å²) in [5, 5.41) is 13.1. The molecule has 0 spiro atoms. The third-order valence-electron chi connectivity index (χ3n) is 2.75. The van der Waals surface area contributed by atoms with Crippen LogP contribution in [0.25, 0.3) is 0 Å². The number of alkyl carbamates (subject to hydrolysis) is 1. The number of nitrogens with one attached hydrogen (secondary N) is 2. The Labute approximate surface area is 158 Å². The highest BCUT2D eigenvalue weighted by atomic mass is 16.6. The topological polar surface area (TPSA) is 87.7 Å². The van der Waals surface area contributed by atoms with Crippen LogP contribution in [-0.2, 0) is 9.53 Å². The van der Waals surface area contributed by atoms with Gasteiger partial charge in [-0.2, -0.15) is 0 Å². The number of carboxylic acid groups (broad SMARTS) is 1. The number of benzene rings is 1. The van der Waals surface area contributed by atoms with Crippen molar-refractivity contribution in [1.29, 1.82) is 0 Å². The van der Waals surface area contributed by atoms with Crippen LogP contribution in [0.5, 0.6) is 0 Å². The van der Waals surface area contributed by atoms with E-state index in [4.69, 9.17) is 14.6 Å². The Kier molecular flexibility index (Phi) is 16.5. The first kappa shape index (κ1) is 26.2. The molecule has 150 valence electrons. The van der Waals surface area contributed by atoms with Crippen molar-refractivity contribution in [2.75, 3.05) is 20.1 Å². The summed E-state index contributed by atoms with van der Waals surface area (Å²) >= 11 is 0. The lowest BCUT2D eigenvalue weighted by Crippen LogP contribution is -2.30. The fourth-order valence-corrected chi connectivity index (χ4v) is 1.67. The maximum atomic E-state index is 10.5. The SMILES string of the molecule is C1CCNCC1.CC(=O)O.CNC(=O)OC(C)(C)C.Cc1ccccc1. The van der Waals surface area contributed by atoms with Gasteiger partial charge in [0.1, 0.15) is 5.60 Å². The Hall–Kier alpha value is -2.08. The van der Waals surface area contributed by atoms with Crippen LogP contribution in [0, 0.1) is 6.92 Å². The number of aliphatic carboxylic acids is 1. The number of carbonyl (C=O) groups is 2. The number of aryl methyl sites for hydroxylation is 1. The van der Waals surface area contributed by atoms with Crippen LogP contribution >= 0.6 is 0 Å². The first-order valence-corrected chi connectivity index (χ1v) is 8.91. The molecule has 0 radical (unpaired) electrons. The van der Waals surface area contributed by atoms with E-state index in [1.807, 2.05) is 39.0 Å². The average molecular weight is 369 g/mol. The van der Waals surface area contributed by atoms with Gasteiger partial charge in [0.15, 0.2) is 0 Å². The van der Waals surface area contributed by atoms with E-state index >= 15 is 0 Å². The van der Waals surface area contributed by atoms with Gasteiger partial charge in [-0.05, 0) is 53.6 Å². The van der Waals surface area contributed by atoms with Crippen molar-refractivity contribution in [2.45, 2.75) is 59.5 Å². The molecule has 1 aliphatic rings. The standard InChI is InChI=1S/C7H8.C6H13NO2.C5H11N.C2H4O2/c1-7-5-3-2-4-6-7;1-6(2,3)9-5(8)7-4;1-2-4-6-5-3-1;1-2(3)4/h2-6H,1H3;1-4H3,(H,7,8);6H,1-5H2;1H3,(H,3,4). The summed E-state index contributed by atoms with van der Waals surface area (Å²) < 4.78 is 4.84. The van der Waals surface area contributed by atoms with Crippen molar-refractivity contribution in [3.05, 3.63) is 35.9 Å². The normalized spacial score (nSPS) is 12.5. The van der Waals surface area contributed by atoms with Crippen LogP contribution in [0.3, 0.4) is 0 Å². The average Bonchev–Trinajstić information content (AvgIpc) is 2.56. The Bertz CT molecular complexity index is 451. The summed E-state index contributed by atoms with van der Waals surface area (Å²) in [6.07, 6.45) is 3.83. The molecule has 1 amide bonds. The molecule has 1 saturated heterocycles. The molecular weight excluding hydrogens is 332 g/mol. The minimum atomic E-state index is -0.833. The van der Waals surface area contributed by atoms with Crippen molar-refractivity contribution >= 4 is 12.1 Å². The van der Waals surface area contributed by atoms with Gasteiger partial charge in [-0.3, -0.25) is 4.79 Å². The lowest BCUT2D eigenvalue weighted by molar-refractivity contribution is -0.134. The van der Waals surface area contributed by atoms with E-state index in [9.17, 15) is 4.79 Å². The van der Waals surface area contributed by atoms with Gasteiger partial charge >= 0.3 is 6.09 Å². The Morgan fingerprint density at radius 3 is 1.69 bits per heavy atom. The van der Waals surface area contributed by atoms with Crippen LogP contribution in [-0.4, -0.2) is 42.9 Å². The van der Waals surface area contributed by atoms with Crippen molar-refractivity contribution in [3.8, 4) is 0 Å². The monoisotopic (exact) mass is 368 g/mol. The van der Waals surface area contributed by atoms with Crippen LogP contribution in [0.2, 0.25) is 0 Å². The third kappa shape index (κ3) is 26.8. The van der Waals surface area contributed by atoms with E-state index in [0.717, 1.165) is 6.92 Å². The number of carboxylic acids is 1. The van der Waals surface area contributed by atoms with Crippen molar-refractivity contribution < 1.29 is 19.4 Å². The van der Waals surface area contributed by atoms with Crippen LogP contribution < -0.4 is 10.6 Å². The molecule has 1 aromatic rings. The van der Waals surface area contributed by atoms with Gasteiger partial charge in [-0.25, -0.2) is 4.79 Å². The second-order valence-corrected chi connectivity index (χ2v) is 6.74. The van der Waals surface area contributed by atoms with E-state index in [2.05, 4.69) is 29.7 Å². The molecule has 0 atom stereocenters. The molecule has 3 N–H and O–H groups in total. The molecule has 0 saturated carbocycles. The fourth-order valence-electron chi connectivity index (χ4n) is 1.67. The predicted octanol–water partition coefficient (Wildman–Crippen LogP) is 3.99. The zero-order valence-corrected chi connectivity index (χ0v) is 17.1. The molecule has 6 heteroatoms. The summed E-state index contributed by atoms with van der Waals surface area (Å²) in [6, 6.07) is 10.3. The van der Waals surface area contributed by atoms with Gasteiger partial charge in [-0.15, -0.1) is 0 Å². The molecule has 0 aromatic heterocycles. The molecule has 26 heavy (non-hydrogen) atoms. The molecule has 0 unspecified atom stereocenters. The summed E-state index contributed by atoms with van der Waals surface area (Å²) in [6.45, 7) is 11.1. The Balaban J connectivity index is 0. The van der Waals surface area contributed by atoms with Crippen LogP contribution in [0.4, 0.5) is 4.79 Å². The minimum Gasteiger partial charge on any atom is -0.481 e. The van der Waals surface area contributed by atoms with Crippen molar-refractivity contribution in [2.24, 2.45) is 0 Å². The van der Waals surface area contributed by atoms with E-state index in [-0.39, 0.29) is 11.7 Å². The van der Waals surface area contributed by atoms with Gasteiger partial charge < -0.3 is 20.5 Å². The predicted molar refractivity (Wildman–Crippen MR) is 107 cm³/mol. The number of hydrogen-bond donors (Lipinski definition) is 3. The van der Waals surface area contributed by atoms with Gasteiger partial charge in [-0.1, -0.05) is 42.3 Å². The molecule has 1 heterocycles. The van der Waals surface area contributed by atoms with Gasteiger partial charge in [0.05, 0.1) is 0 Å². The summed E-state index contributed by atoms with van der Waals surface area (Å²) in [5.74, 6) is -0.833. The number of piperidine rings is 1. The van der Waals surface area contributed by atoms with Crippen LogP contribution in [0.1, 0.15) is 52.5 Å². The summed E-state index contributed by atoms with van der Waals surface area (Å²) in [5.41, 5.74) is 0.933. The van der Waals surface area contributed by atoms with E-state index in [1.165, 1.54) is 45.0 Å². The highest BCUT2D eigenvalue weighted by molar-refractivity contribution is 5.67. The molecule has 1 fully saturated rings. The van der Waals surface area contributed by atoms with Gasteiger partial charge in [0.2, 0.25) is 0 Å². The number of hydrogen-bond acceptors (Lipinski definition) is 4. The van der Waals surface area contributed by atoms with Crippen molar-refractivity contribution in [1.82, 2.24) is 10.6 Å². The third-order valence-corrected chi connectivity index (χ3v) is 2.75. The smallest absolute Gasteiger partial charge is 0.407 e. The maximum absolute atomic E-state index is 10.5. The molecule has 1 aliphatic heterocycles. The van der Waals surface area contributed by atoms with Gasteiger partial charge in [0, 0.05) is 14.0 Å². The second kappa shape index (κ2) is 16.4. The van der Waals surface area contributed by atoms with E-state index < -0.39 is 5.97 Å². The largest absolute Gasteiger partial charge is 0.481 e. The summed E-state index contributed by atoms with van der Waals surface area (Å²) in [7, 11) is 1.54. The molecule has 0 aliphatic carbocycles. The minimum absolute atomic E-state index is 0.387. The number of rotatable bonds is 0. The first-order chi connectivity index (χ1) is 12.1. The molecule has 2 rings (SSSR count). The first-order valence-electron chi connectivity index (χ1n) is 8.91. The molecule has 6 nitrogen and oxygen atoms in total. The lowest BCUT2D eigenvalue weighted by Gasteiger charge is -2.18. The zero-order valence-electron chi connectivity index (χ0n) is 17.1. The van der Waals surface area contributed by atoms with E-state index in [1.54, 1.807) is 0 Å². The Morgan fingerprint density at radius 2 is 1.54 bits per heavy atom. The highest BCUT2D eigenvalue weighted by Gasteiger charge is 2.13. The quantitative estimate of drug-likeness (QED) is 0.644. The highest BCUT2D eigenvalue weighted by Crippen LogP contribution is 2.05. The molecular formula is C20H36N2O4.